The van der Waals surface area contributed by atoms with Gasteiger partial charge in [-0.05, 0) is 37.4 Å². The number of thioether (sulfide) groups is 2. The quantitative estimate of drug-likeness (QED) is 0.546. The van der Waals surface area contributed by atoms with Gasteiger partial charge in [0.25, 0.3) is 12.1 Å². The Bertz CT molecular complexity index is 385. The van der Waals surface area contributed by atoms with Crippen LogP contribution in [-0.2, 0) is 0 Å². The average molecular weight is 320 g/mol. The number of nitrogens with zero attached hydrogens (tertiary/aromatic N) is 2. The van der Waals surface area contributed by atoms with E-state index in [1.165, 1.54) is 23.5 Å². The third-order valence-corrected chi connectivity index (χ3v) is 7.30. The summed E-state index contributed by atoms with van der Waals surface area (Å²) in [4.78, 5) is 20.3. The topological polar surface area (TPSA) is 110 Å². The molecule has 8 nitrogen and oxygen atoms in total. The lowest BCUT2D eigenvalue weighted by molar-refractivity contribution is -0.628. The Morgan fingerprint density at radius 2 is 1.30 bits per heavy atom. The monoisotopic (exact) mass is 320 g/mol. The van der Waals surface area contributed by atoms with Crippen LogP contribution in [0.2, 0.25) is 0 Å². The molecule has 20 heavy (non-hydrogen) atoms. The van der Waals surface area contributed by atoms with E-state index in [1.807, 2.05) is 0 Å². The lowest BCUT2D eigenvalue weighted by Gasteiger charge is -2.58. The SMILES string of the molecule is O=[N+]([O-])C1C2(NCCCS2)C([N+](=O)[O-])C12NCCCS2. The molecule has 1 saturated carbocycles. The minimum absolute atomic E-state index is 0.337. The normalized spacial score (nSPS) is 44.2. The molecule has 2 N–H and O–H groups in total. The van der Waals surface area contributed by atoms with Gasteiger partial charge in [0.15, 0.2) is 0 Å². The predicted molar refractivity (Wildman–Crippen MR) is 77.2 cm³/mol. The van der Waals surface area contributed by atoms with Crippen LogP contribution >= 0.6 is 23.5 Å². The molecule has 0 aromatic carbocycles. The summed E-state index contributed by atoms with van der Waals surface area (Å²) >= 11 is 2.69. The molecule has 3 fully saturated rings. The fraction of sp³-hybridized carbons (Fsp3) is 1.00. The van der Waals surface area contributed by atoms with Gasteiger partial charge in [0.1, 0.15) is 0 Å². The molecule has 1 aliphatic carbocycles. The molecule has 0 bridgehead atoms. The maximum absolute atomic E-state index is 11.6. The standard InChI is InChI=1S/C10H16N4O4S2/c15-13(16)7-9(11-3-1-5-19-9)8(14(17)18)10(7)12-4-2-6-20-10/h7-8,11-12H,1-6H2. The molecule has 2 spiro atoms. The zero-order valence-electron chi connectivity index (χ0n) is 10.7. The van der Waals surface area contributed by atoms with Crippen molar-refractivity contribution in [3.05, 3.63) is 20.2 Å². The van der Waals surface area contributed by atoms with Crippen LogP contribution in [0.1, 0.15) is 12.8 Å². The van der Waals surface area contributed by atoms with Gasteiger partial charge in [0.2, 0.25) is 9.74 Å². The molecule has 2 aliphatic heterocycles. The second kappa shape index (κ2) is 5.00. The van der Waals surface area contributed by atoms with Crippen LogP contribution in [0.15, 0.2) is 0 Å². The van der Waals surface area contributed by atoms with Crippen LogP contribution in [0.5, 0.6) is 0 Å². The van der Waals surface area contributed by atoms with E-state index in [4.69, 9.17) is 0 Å². The molecule has 3 aliphatic rings. The van der Waals surface area contributed by atoms with Gasteiger partial charge in [-0.3, -0.25) is 30.9 Å². The summed E-state index contributed by atoms with van der Waals surface area (Å²) in [7, 11) is 0. The Hall–Kier alpha value is -0.580. The Kier molecular flexibility index (Phi) is 3.59. The van der Waals surface area contributed by atoms with Gasteiger partial charge in [0, 0.05) is 9.85 Å². The van der Waals surface area contributed by atoms with Crippen molar-refractivity contribution >= 4 is 23.5 Å². The first-order valence-corrected chi connectivity index (χ1v) is 8.57. The van der Waals surface area contributed by atoms with Crippen LogP contribution in [0.4, 0.5) is 0 Å². The van der Waals surface area contributed by atoms with E-state index < -0.39 is 21.8 Å². The van der Waals surface area contributed by atoms with E-state index in [9.17, 15) is 20.2 Å². The Morgan fingerprint density at radius 1 is 0.900 bits per heavy atom. The molecule has 0 unspecified atom stereocenters. The number of hydrogen-bond donors (Lipinski definition) is 2. The summed E-state index contributed by atoms with van der Waals surface area (Å²) in [5.74, 6) is 1.45. The summed E-state index contributed by atoms with van der Waals surface area (Å²) in [6.45, 7) is 1.20. The lowest BCUT2D eigenvalue weighted by atomic mass is 9.73. The third kappa shape index (κ3) is 1.78. The number of nitrogens with one attached hydrogen (secondary N) is 2. The molecule has 112 valence electrons. The van der Waals surface area contributed by atoms with Crippen molar-refractivity contribution in [1.29, 1.82) is 0 Å². The van der Waals surface area contributed by atoms with Crippen LogP contribution < -0.4 is 10.6 Å². The van der Waals surface area contributed by atoms with Crippen LogP contribution in [0, 0.1) is 20.2 Å². The van der Waals surface area contributed by atoms with Crippen molar-refractivity contribution in [2.24, 2.45) is 0 Å². The molecule has 2 saturated heterocycles. The van der Waals surface area contributed by atoms with Gasteiger partial charge in [-0.2, -0.15) is 0 Å². The predicted octanol–water partition coefficient (Wildman–Crippen LogP) is 0.136. The fourth-order valence-corrected chi connectivity index (χ4v) is 6.99. The second-order valence-electron chi connectivity index (χ2n) is 5.22. The first kappa shape index (κ1) is 14.4. The Balaban J connectivity index is 2.01. The summed E-state index contributed by atoms with van der Waals surface area (Å²) < 4.78 is 0. The number of rotatable bonds is 2. The molecular formula is C10H16N4O4S2. The zero-order chi connectivity index (χ0) is 14.4. The molecular weight excluding hydrogens is 304 g/mol. The first-order valence-electron chi connectivity index (χ1n) is 6.59. The third-order valence-electron chi connectivity index (χ3n) is 4.17. The van der Waals surface area contributed by atoms with E-state index in [0.717, 1.165) is 24.3 Å². The lowest BCUT2D eigenvalue weighted by Crippen LogP contribution is -2.91. The molecule has 0 radical (unpaired) electrons. The molecule has 0 atom stereocenters. The minimum Gasteiger partial charge on any atom is -0.291 e. The summed E-state index contributed by atoms with van der Waals surface area (Å²) in [6, 6.07) is -1.94. The molecule has 0 aromatic rings. The summed E-state index contributed by atoms with van der Waals surface area (Å²) in [6.07, 6.45) is 1.77. The molecule has 3 rings (SSSR count). The van der Waals surface area contributed by atoms with Crippen LogP contribution in [-0.4, -0.2) is 56.3 Å². The highest BCUT2D eigenvalue weighted by Crippen LogP contribution is 2.58. The highest BCUT2D eigenvalue weighted by molar-refractivity contribution is 8.02. The highest BCUT2D eigenvalue weighted by Gasteiger charge is 2.86. The van der Waals surface area contributed by atoms with Gasteiger partial charge in [-0.1, -0.05) is 0 Å². The van der Waals surface area contributed by atoms with Crippen molar-refractivity contribution in [3.8, 4) is 0 Å². The van der Waals surface area contributed by atoms with Crippen molar-refractivity contribution in [2.45, 2.75) is 34.7 Å². The van der Waals surface area contributed by atoms with Crippen LogP contribution in [0.25, 0.3) is 0 Å². The van der Waals surface area contributed by atoms with Crippen LogP contribution in [0.3, 0.4) is 0 Å². The van der Waals surface area contributed by atoms with Crippen molar-refractivity contribution in [2.75, 3.05) is 24.6 Å². The van der Waals surface area contributed by atoms with Crippen molar-refractivity contribution in [3.63, 3.8) is 0 Å². The van der Waals surface area contributed by atoms with Gasteiger partial charge in [-0.15, -0.1) is 23.5 Å². The number of hydrogen-bond acceptors (Lipinski definition) is 8. The van der Waals surface area contributed by atoms with Gasteiger partial charge in [-0.25, -0.2) is 0 Å². The first-order chi connectivity index (χ1) is 9.54. The Morgan fingerprint density at radius 3 is 1.55 bits per heavy atom. The molecule has 10 heteroatoms. The van der Waals surface area contributed by atoms with Crippen molar-refractivity contribution < 1.29 is 9.85 Å². The smallest absolute Gasteiger partial charge is 0.281 e. The van der Waals surface area contributed by atoms with Gasteiger partial charge in [0.05, 0.1) is 0 Å². The number of nitro groups is 2. The van der Waals surface area contributed by atoms with Crippen molar-refractivity contribution in [1.82, 2.24) is 10.6 Å². The van der Waals surface area contributed by atoms with Gasteiger partial charge < -0.3 is 0 Å². The van der Waals surface area contributed by atoms with E-state index in [-0.39, 0.29) is 9.85 Å². The highest BCUT2D eigenvalue weighted by atomic mass is 32.2. The summed E-state index contributed by atoms with van der Waals surface area (Å²) in [5, 5.41) is 29.3. The van der Waals surface area contributed by atoms with Gasteiger partial charge >= 0.3 is 0 Å². The Labute approximate surface area is 124 Å². The molecule has 2 heterocycles. The van der Waals surface area contributed by atoms with E-state index >= 15 is 0 Å². The average Bonchev–Trinajstić information content (AvgIpc) is 2.39. The van der Waals surface area contributed by atoms with E-state index in [1.54, 1.807) is 0 Å². The fourth-order valence-electron chi connectivity index (χ4n) is 3.46. The zero-order valence-corrected chi connectivity index (χ0v) is 12.4. The molecule has 0 amide bonds. The minimum atomic E-state index is -1.07. The largest absolute Gasteiger partial charge is 0.291 e. The van der Waals surface area contributed by atoms with E-state index in [0.29, 0.717) is 13.1 Å². The maximum Gasteiger partial charge on any atom is 0.281 e. The molecule has 0 aromatic heterocycles. The summed E-state index contributed by atoms with van der Waals surface area (Å²) in [5.41, 5.74) is 0. The maximum atomic E-state index is 11.6. The van der Waals surface area contributed by atoms with E-state index in [2.05, 4.69) is 10.6 Å². The second-order valence-corrected chi connectivity index (χ2v) is 7.96.